The molecule has 1 heterocycles. The van der Waals surface area contributed by atoms with Crippen LogP contribution in [0.4, 0.5) is 9.80 Å². The summed E-state index contributed by atoms with van der Waals surface area (Å²) in [6.45, 7) is -0.352. The van der Waals surface area contributed by atoms with E-state index >= 15 is 0 Å². The Labute approximate surface area is 105 Å². The van der Waals surface area contributed by atoms with Gasteiger partial charge in [0, 0.05) is 0 Å². The summed E-state index contributed by atoms with van der Waals surface area (Å²) in [5, 5.41) is 24.0. The molecule has 0 saturated heterocycles. The molecule has 1 atom stereocenters. The molecule has 8 nitrogen and oxygen atoms in total. The highest BCUT2D eigenvalue weighted by Gasteiger charge is 2.15. The number of urea groups is 1. The van der Waals surface area contributed by atoms with Gasteiger partial charge in [0.1, 0.15) is 11.1 Å². The van der Waals surface area contributed by atoms with Gasteiger partial charge in [0.2, 0.25) is 5.91 Å². The molecule has 0 aliphatic carbocycles. The van der Waals surface area contributed by atoms with E-state index in [0.717, 1.165) is 11.3 Å². The summed E-state index contributed by atoms with van der Waals surface area (Å²) in [6, 6.07) is 0.612. The van der Waals surface area contributed by atoms with Crippen LogP contribution in [-0.2, 0) is 4.79 Å². The minimum absolute atomic E-state index is 0.0365. The highest BCUT2D eigenvalue weighted by atomic mass is 32.1. The molecular formula is C9H11N3O5S. The average Bonchev–Trinajstić information content (AvgIpc) is 2.73. The number of hydrogen-bond donors (Lipinski definition) is 5. The molecule has 1 rings (SSSR count). The van der Waals surface area contributed by atoms with Crippen molar-refractivity contribution in [2.75, 3.05) is 11.9 Å². The lowest BCUT2D eigenvalue weighted by Gasteiger charge is -2.09. The molecule has 3 amide bonds. The zero-order valence-corrected chi connectivity index (χ0v) is 9.86. The summed E-state index contributed by atoms with van der Waals surface area (Å²) in [6.07, 6.45) is -1.49. The standard InChI is InChI=1S/C9H11N3O5S/c10-6(14)5(13)3-11-9(17)12-7-4(8(15)16)1-2-18-7/h1-2,5,13H,3H2,(H2,10,14)(H,15,16)(H2,11,12,17). The van der Waals surface area contributed by atoms with Gasteiger partial charge in [-0.15, -0.1) is 11.3 Å². The van der Waals surface area contributed by atoms with Gasteiger partial charge in [0.15, 0.2) is 0 Å². The molecule has 0 spiro atoms. The van der Waals surface area contributed by atoms with Crippen LogP contribution >= 0.6 is 11.3 Å². The van der Waals surface area contributed by atoms with Crippen LogP contribution in [0.2, 0.25) is 0 Å². The highest BCUT2D eigenvalue weighted by Crippen LogP contribution is 2.22. The number of anilines is 1. The smallest absolute Gasteiger partial charge is 0.338 e. The number of nitrogens with two attached hydrogens (primary N) is 1. The van der Waals surface area contributed by atoms with E-state index in [1.807, 2.05) is 0 Å². The molecule has 1 unspecified atom stereocenters. The van der Waals surface area contributed by atoms with Crippen molar-refractivity contribution >= 4 is 34.2 Å². The number of carbonyl (C=O) groups excluding carboxylic acids is 2. The van der Waals surface area contributed by atoms with Crippen LogP contribution in [-0.4, -0.2) is 40.8 Å². The van der Waals surface area contributed by atoms with Crippen LogP contribution in [0.3, 0.4) is 0 Å². The summed E-state index contributed by atoms with van der Waals surface area (Å²) in [5.74, 6) is -2.12. The van der Waals surface area contributed by atoms with E-state index in [0.29, 0.717) is 0 Å². The second kappa shape index (κ2) is 5.98. The third-order valence-electron chi connectivity index (χ3n) is 1.91. The fraction of sp³-hybridized carbons (Fsp3) is 0.222. The van der Waals surface area contributed by atoms with Gasteiger partial charge < -0.3 is 21.3 Å². The minimum atomic E-state index is -1.49. The summed E-state index contributed by atoms with van der Waals surface area (Å²) < 4.78 is 0. The van der Waals surface area contributed by atoms with E-state index in [9.17, 15) is 14.4 Å². The Morgan fingerprint density at radius 3 is 2.67 bits per heavy atom. The number of rotatable bonds is 5. The zero-order chi connectivity index (χ0) is 13.7. The van der Waals surface area contributed by atoms with Crippen LogP contribution in [0.5, 0.6) is 0 Å². The van der Waals surface area contributed by atoms with Crippen LogP contribution in [0.1, 0.15) is 10.4 Å². The van der Waals surface area contributed by atoms with Crippen molar-refractivity contribution in [3.05, 3.63) is 17.0 Å². The molecule has 0 fully saturated rings. The fourth-order valence-electron chi connectivity index (χ4n) is 1.01. The molecule has 0 saturated carbocycles. The Balaban J connectivity index is 2.52. The number of carboxylic acid groups (broad SMARTS) is 1. The molecular weight excluding hydrogens is 262 g/mol. The number of carboxylic acids is 1. The Hall–Kier alpha value is -2.13. The number of aromatic carboxylic acids is 1. The Bertz CT molecular complexity index is 473. The van der Waals surface area contributed by atoms with Crippen molar-refractivity contribution in [3.8, 4) is 0 Å². The highest BCUT2D eigenvalue weighted by molar-refractivity contribution is 7.14. The van der Waals surface area contributed by atoms with Gasteiger partial charge in [-0.2, -0.15) is 0 Å². The monoisotopic (exact) mass is 273 g/mol. The lowest BCUT2D eigenvalue weighted by atomic mass is 10.3. The third-order valence-corrected chi connectivity index (χ3v) is 2.74. The van der Waals surface area contributed by atoms with E-state index in [1.165, 1.54) is 11.4 Å². The first-order valence-electron chi connectivity index (χ1n) is 4.75. The SMILES string of the molecule is NC(=O)C(O)CNC(=O)Nc1sccc1C(=O)O. The normalized spacial score (nSPS) is 11.6. The molecule has 6 N–H and O–H groups in total. The second-order valence-electron chi connectivity index (χ2n) is 3.22. The number of primary amides is 1. The molecule has 0 aliphatic rings. The molecule has 18 heavy (non-hydrogen) atoms. The van der Waals surface area contributed by atoms with E-state index in [2.05, 4.69) is 10.6 Å². The molecule has 98 valence electrons. The zero-order valence-electron chi connectivity index (χ0n) is 9.04. The number of thiophene rings is 1. The maximum Gasteiger partial charge on any atom is 0.338 e. The van der Waals surface area contributed by atoms with Crippen LogP contribution in [0.15, 0.2) is 11.4 Å². The first kappa shape index (κ1) is 13.9. The van der Waals surface area contributed by atoms with Gasteiger partial charge in [0.25, 0.3) is 0 Å². The van der Waals surface area contributed by atoms with E-state index in [-0.39, 0.29) is 17.1 Å². The minimum Gasteiger partial charge on any atom is -0.478 e. The van der Waals surface area contributed by atoms with Crippen molar-refractivity contribution in [3.63, 3.8) is 0 Å². The maximum atomic E-state index is 11.3. The molecule has 0 aliphatic heterocycles. The quantitative estimate of drug-likeness (QED) is 0.487. The number of hydrogen-bond acceptors (Lipinski definition) is 5. The Morgan fingerprint density at radius 1 is 1.44 bits per heavy atom. The van der Waals surface area contributed by atoms with Gasteiger partial charge in [-0.05, 0) is 11.4 Å². The van der Waals surface area contributed by atoms with Gasteiger partial charge in [0.05, 0.1) is 12.1 Å². The number of aliphatic hydroxyl groups excluding tert-OH is 1. The molecule has 9 heteroatoms. The van der Waals surface area contributed by atoms with Crippen molar-refractivity contribution in [1.82, 2.24) is 5.32 Å². The fourth-order valence-corrected chi connectivity index (χ4v) is 1.79. The van der Waals surface area contributed by atoms with Gasteiger partial charge >= 0.3 is 12.0 Å². The maximum absolute atomic E-state index is 11.3. The predicted molar refractivity (Wildman–Crippen MR) is 63.5 cm³/mol. The van der Waals surface area contributed by atoms with E-state index < -0.39 is 24.0 Å². The molecule has 0 radical (unpaired) electrons. The van der Waals surface area contributed by atoms with Crippen LogP contribution in [0.25, 0.3) is 0 Å². The summed E-state index contributed by atoms with van der Waals surface area (Å²) in [7, 11) is 0. The van der Waals surface area contributed by atoms with E-state index in [4.69, 9.17) is 15.9 Å². The number of aliphatic hydroxyl groups is 1. The lowest BCUT2D eigenvalue weighted by Crippen LogP contribution is -2.41. The Morgan fingerprint density at radius 2 is 2.11 bits per heavy atom. The van der Waals surface area contributed by atoms with Gasteiger partial charge in [-0.1, -0.05) is 0 Å². The predicted octanol–water partition coefficient (Wildman–Crippen LogP) is -0.586. The average molecular weight is 273 g/mol. The topological polar surface area (TPSA) is 142 Å². The molecule has 1 aromatic rings. The van der Waals surface area contributed by atoms with Crippen molar-refractivity contribution < 1.29 is 24.6 Å². The van der Waals surface area contributed by atoms with Gasteiger partial charge in [-0.3, -0.25) is 10.1 Å². The summed E-state index contributed by atoms with van der Waals surface area (Å²) >= 11 is 1.04. The molecule has 0 aromatic carbocycles. The molecule has 1 aromatic heterocycles. The van der Waals surface area contributed by atoms with Crippen molar-refractivity contribution in [2.45, 2.75) is 6.10 Å². The third kappa shape index (κ3) is 3.71. The van der Waals surface area contributed by atoms with Crippen LogP contribution in [0, 0.1) is 0 Å². The number of nitrogens with one attached hydrogen (secondary N) is 2. The first-order valence-corrected chi connectivity index (χ1v) is 5.62. The Kier molecular flexibility index (Phi) is 4.63. The van der Waals surface area contributed by atoms with E-state index in [1.54, 1.807) is 0 Å². The first-order chi connectivity index (χ1) is 8.41. The summed E-state index contributed by atoms with van der Waals surface area (Å²) in [5.41, 5.74) is 4.75. The summed E-state index contributed by atoms with van der Waals surface area (Å²) in [4.78, 5) is 32.6. The van der Waals surface area contributed by atoms with Gasteiger partial charge in [-0.25, -0.2) is 9.59 Å². The largest absolute Gasteiger partial charge is 0.478 e. The number of carbonyl (C=O) groups is 3. The van der Waals surface area contributed by atoms with Crippen molar-refractivity contribution in [1.29, 1.82) is 0 Å². The lowest BCUT2D eigenvalue weighted by molar-refractivity contribution is -0.125. The van der Waals surface area contributed by atoms with Crippen molar-refractivity contribution in [2.24, 2.45) is 5.73 Å². The molecule has 0 bridgehead atoms. The second-order valence-corrected chi connectivity index (χ2v) is 4.14. The van der Waals surface area contributed by atoms with Crippen LogP contribution < -0.4 is 16.4 Å². The number of amides is 3.